The van der Waals surface area contributed by atoms with E-state index in [9.17, 15) is 0 Å². The highest BCUT2D eigenvalue weighted by molar-refractivity contribution is 5.88. The first-order chi connectivity index (χ1) is 11.8. The van der Waals surface area contributed by atoms with E-state index in [2.05, 4.69) is 20.3 Å². The van der Waals surface area contributed by atoms with E-state index in [0.717, 1.165) is 34.0 Å². The van der Waals surface area contributed by atoms with Crippen LogP contribution in [0.3, 0.4) is 0 Å². The molecule has 0 amide bonds. The van der Waals surface area contributed by atoms with Crippen LogP contribution < -0.4 is 15.8 Å². The molecule has 0 spiro atoms. The second kappa shape index (κ2) is 5.92. The maximum atomic E-state index is 5.78. The second-order valence-electron chi connectivity index (χ2n) is 5.28. The van der Waals surface area contributed by atoms with Gasteiger partial charge in [-0.05, 0) is 54.6 Å². The summed E-state index contributed by atoms with van der Waals surface area (Å²) in [6, 6.07) is 16.9. The fourth-order valence-electron chi connectivity index (χ4n) is 2.39. The number of nitrogens with two attached hydrogens (primary N) is 1. The van der Waals surface area contributed by atoms with E-state index in [1.165, 1.54) is 6.33 Å². The number of fused-ring (bicyclic) bond motifs is 1. The molecule has 0 saturated heterocycles. The number of nitrogens with one attached hydrogen (secondary N) is 2. The highest BCUT2D eigenvalue weighted by Crippen LogP contribution is 2.26. The zero-order valence-corrected chi connectivity index (χ0v) is 12.7. The average molecular weight is 317 g/mol. The van der Waals surface area contributed by atoms with E-state index in [1.807, 2.05) is 60.8 Å². The molecule has 0 aliphatic carbocycles. The van der Waals surface area contributed by atoms with Crippen LogP contribution in [-0.2, 0) is 0 Å². The molecule has 0 atom stereocenters. The zero-order chi connectivity index (χ0) is 16.4. The molecule has 2 aromatic heterocycles. The van der Waals surface area contributed by atoms with Crippen molar-refractivity contribution in [3.8, 4) is 11.5 Å². The average Bonchev–Trinajstić information content (AvgIpc) is 3.08. The molecular formula is C18H15N5O. The van der Waals surface area contributed by atoms with Gasteiger partial charge in [0, 0.05) is 17.6 Å². The molecule has 118 valence electrons. The van der Waals surface area contributed by atoms with Crippen LogP contribution >= 0.6 is 0 Å². The highest BCUT2D eigenvalue weighted by atomic mass is 16.5. The summed E-state index contributed by atoms with van der Waals surface area (Å²) >= 11 is 0. The van der Waals surface area contributed by atoms with Crippen LogP contribution in [0.1, 0.15) is 0 Å². The van der Waals surface area contributed by atoms with Gasteiger partial charge in [0.2, 0.25) is 0 Å². The number of hydrogen-bond donors (Lipinski definition) is 3. The minimum atomic E-state index is 0.711. The van der Waals surface area contributed by atoms with Crippen LogP contribution in [0.15, 0.2) is 67.1 Å². The van der Waals surface area contributed by atoms with Gasteiger partial charge in [0.05, 0.1) is 5.39 Å². The van der Waals surface area contributed by atoms with Crippen LogP contribution in [0.2, 0.25) is 0 Å². The number of benzene rings is 2. The summed E-state index contributed by atoms with van der Waals surface area (Å²) in [5.74, 6) is 2.25. The van der Waals surface area contributed by atoms with Gasteiger partial charge in [-0.15, -0.1) is 0 Å². The zero-order valence-electron chi connectivity index (χ0n) is 12.7. The molecule has 0 radical (unpaired) electrons. The maximum Gasteiger partial charge on any atom is 0.143 e. The Kier molecular flexibility index (Phi) is 3.47. The first kappa shape index (κ1) is 14.1. The van der Waals surface area contributed by atoms with E-state index in [4.69, 9.17) is 10.5 Å². The summed E-state index contributed by atoms with van der Waals surface area (Å²) in [5, 5.41) is 4.23. The molecule has 0 bridgehead atoms. The van der Waals surface area contributed by atoms with Gasteiger partial charge in [0.25, 0.3) is 0 Å². The number of nitrogen functional groups attached to an aromatic ring is 1. The lowest BCUT2D eigenvalue weighted by Gasteiger charge is -2.09. The van der Waals surface area contributed by atoms with E-state index in [1.54, 1.807) is 0 Å². The Labute approximate surface area is 138 Å². The van der Waals surface area contributed by atoms with E-state index >= 15 is 0 Å². The topological polar surface area (TPSA) is 88.8 Å². The normalized spacial score (nSPS) is 10.7. The highest BCUT2D eigenvalue weighted by Gasteiger charge is 2.05. The third-order valence-corrected chi connectivity index (χ3v) is 3.59. The van der Waals surface area contributed by atoms with E-state index in [0.29, 0.717) is 5.69 Å². The largest absolute Gasteiger partial charge is 0.457 e. The van der Waals surface area contributed by atoms with E-state index < -0.39 is 0 Å². The quantitative estimate of drug-likeness (QED) is 0.494. The van der Waals surface area contributed by atoms with Gasteiger partial charge in [0.15, 0.2) is 0 Å². The molecule has 6 nitrogen and oxygen atoms in total. The fourth-order valence-corrected chi connectivity index (χ4v) is 2.39. The molecule has 4 aromatic rings. The Morgan fingerprint density at radius 1 is 0.875 bits per heavy atom. The lowest BCUT2D eigenvalue weighted by molar-refractivity contribution is 0.483. The molecule has 4 N–H and O–H groups in total. The van der Waals surface area contributed by atoms with Crippen molar-refractivity contribution in [1.82, 2.24) is 15.0 Å². The van der Waals surface area contributed by atoms with Gasteiger partial charge in [-0.3, -0.25) is 0 Å². The third kappa shape index (κ3) is 2.85. The summed E-state index contributed by atoms with van der Waals surface area (Å²) in [7, 11) is 0. The van der Waals surface area contributed by atoms with Crippen molar-refractivity contribution in [2.24, 2.45) is 0 Å². The van der Waals surface area contributed by atoms with Crippen LogP contribution in [-0.4, -0.2) is 15.0 Å². The van der Waals surface area contributed by atoms with E-state index in [-0.39, 0.29) is 0 Å². The standard InChI is InChI=1S/C18H15N5O/c19-12-1-5-14(6-2-12)24-15-7-3-13(4-8-15)23-18-16-9-10-20-17(16)21-11-22-18/h1-11H,19H2,(H2,20,21,22,23). The number of ether oxygens (including phenoxy) is 1. The number of aromatic nitrogens is 3. The number of anilines is 3. The Balaban J connectivity index is 1.51. The summed E-state index contributed by atoms with van der Waals surface area (Å²) in [6.07, 6.45) is 3.37. The van der Waals surface area contributed by atoms with Gasteiger partial charge in [0.1, 0.15) is 29.3 Å². The first-order valence-electron chi connectivity index (χ1n) is 7.46. The summed E-state index contributed by atoms with van der Waals surface area (Å²) in [5.41, 5.74) is 8.10. The van der Waals surface area contributed by atoms with Crippen molar-refractivity contribution >= 4 is 28.2 Å². The lowest BCUT2D eigenvalue weighted by Crippen LogP contribution is -1.95. The minimum Gasteiger partial charge on any atom is -0.457 e. The molecule has 0 unspecified atom stereocenters. The fraction of sp³-hybridized carbons (Fsp3) is 0. The maximum absolute atomic E-state index is 5.78. The van der Waals surface area contributed by atoms with Crippen molar-refractivity contribution in [1.29, 1.82) is 0 Å². The van der Waals surface area contributed by atoms with Gasteiger partial charge in [-0.25, -0.2) is 9.97 Å². The Hall–Kier alpha value is -3.54. The van der Waals surface area contributed by atoms with Crippen molar-refractivity contribution in [3.63, 3.8) is 0 Å². The molecule has 24 heavy (non-hydrogen) atoms. The lowest BCUT2D eigenvalue weighted by atomic mass is 10.2. The van der Waals surface area contributed by atoms with Crippen molar-refractivity contribution in [3.05, 3.63) is 67.1 Å². The predicted molar refractivity (Wildman–Crippen MR) is 94.5 cm³/mol. The molecule has 4 rings (SSSR count). The molecule has 2 heterocycles. The summed E-state index contributed by atoms with van der Waals surface area (Å²) < 4.78 is 5.78. The third-order valence-electron chi connectivity index (χ3n) is 3.59. The Morgan fingerprint density at radius 3 is 2.33 bits per heavy atom. The number of H-pyrrole nitrogens is 1. The molecular weight excluding hydrogens is 302 g/mol. The summed E-state index contributed by atoms with van der Waals surface area (Å²) in [4.78, 5) is 11.5. The predicted octanol–water partition coefficient (Wildman–Crippen LogP) is 4.08. The van der Waals surface area contributed by atoms with Crippen molar-refractivity contribution in [2.45, 2.75) is 0 Å². The second-order valence-corrected chi connectivity index (χ2v) is 5.28. The molecule has 0 aliphatic heterocycles. The molecule has 2 aromatic carbocycles. The minimum absolute atomic E-state index is 0.711. The number of nitrogens with zero attached hydrogens (tertiary/aromatic N) is 2. The number of rotatable bonds is 4. The van der Waals surface area contributed by atoms with Gasteiger partial charge in [-0.2, -0.15) is 0 Å². The van der Waals surface area contributed by atoms with Crippen LogP contribution in [0, 0.1) is 0 Å². The van der Waals surface area contributed by atoms with Gasteiger partial charge < -0.3 is 20.8 Å². The van der Waals surface area contributed by atoms with Crippen molar-refractivity contribution in [2.75, 3.05) is 11.1 Å². The van der Waals surface area contributed by atoms with Gasteiger partial charge >= 0.3 is 0 Å². The van der Waals surface area contributed by atoms with Crippen LogP contribution in [0.5, 0.6) is 11.5 Å². The Bertz CT molecular complexity index is 961. The monoisotopic (exact) mass is 317 g/mol. The summed E-state index contributed by atoms with van der Waals surface area (Å²) in [6.45, 7) is 0. The molecule has 6 heteroatoms. The number of hydrogen-bond acceptors (Lipinski definition) is 5. The molecule has 0 aliphatic rings. The Morgan fingerprint density at radius 2 is 1.58 bits per heavy atom. The molecule has 0 fully saturated rings. The number of aromatic amines is 1. The smallest absolute Gasteiger partial charge is 0.143 e. The van der Waals surface area contributed by atoms with Crippen LogP contribution in [0.25, 0.3) is 11.0 Å². The van der Waals surface area contributed by atoms with Crippen molar-refractivity contribution < 1.29 is 4.74 Å². The first-order valence-corrected chi connectivity index (χ1v) is 7.46. The van der Waals surface area contributed by atoms with Crippen LogP contribution in [0.4, 0.5) is 17.2 Å². The molecule has 0 saturated carbocycles. The van der Waals surface area contributed by atoms with Gasteiger partial charge in [-0.1, -0.05) is 0 Å². The SMILES string of the molecule is Nc1ccc(Oc2ccc(Nc3ncnc4[nH]ccc34)cc2)cc1.